The zero-order chi connectivity index (χ0) is 13.7. The molecule has 100 valence electrons. The van der Waals surface area contributed by atoms with Crippen LogP contribution in [0.5, 0.6) is 0 Å². The van der Waals surface area contributed by atoms with E-state index in [2.05, 4.69) is 10.6 Å². The maximum atomic E-state index is 13.3. The minimum Gasteiger partial charge on any atom is -0.383 e. The Morgan fingerprint density at radius 3 is 2.67 bits per heavy atom. The number of benzene rings is 1. The van der Waals surface area contributed by atoms with Crippen LogP contribution >= 0.6 is 12.2 Å². The van der Waals surface area contributed by atoms with E-state index in [1.807, 2.05) is 0 Å². The summed E-state index contributed by atoms with van der Waals surface area (Å²) in [4.78, 5) is 0. The molecule has 1 unspecified atom stereocenters. The van der Waals surface area contributed by atoms with Gasteiger partial charge in [0.1, 0.15) is 5.82 Å². The van der Waals surface area contributed by atoms with Gasteiger partial charge in [-0.1, -0.05) is 0 Å². The van der Waals surface area contributed by atoms with Crippen molar-refractivity contribution >= 4 is 23.0 Å². The Labute approximate surface area is 108 Å². The number of nitrogens with one attached hydrogen (secondary N) is 2. The van der Waals surface area contributed by atoms with Crippen molar-refractivity contribution in [2.24, 2.45) is 0 Å². The van der Waals surface area contributed by atoms with E-state index in [1.165, 1.54) is 7.11 Å². The molecule has 3 nitrogen and oxygen atoms in total. The van der Waals surface area contributed by atoms with Gasteiger partial charge in [-0.15, -0.1) is 0 Å². The van der Waals surface area contributed by atoms with Crippen LogP contribution in [0, 0.1) is 17.5 Å². The third-order valence-corrected chi connectivity index (χ3v) is 2.26. The summed E-state index contributed by atoms with van der Waals surface area (Å²) >= 11 is 4.88. The molecule has 1 rings (SSSR count). The third-order valence-electron chi connectivity index (χ3n) is 2.04. The molecule has 0 aliphatic heterocycles. The molecule has 0 saturated heterocycles. The van der Waals surface area contributed by atoms with Gasteiger partial charge >= 0.3 is 0 Å². The first-order chi connectivity index (χ1) is 8.43. The minimum absolute atomic E-state index is 0.0588. The predicted octanol–water partition coefficient (Wildman–Crippen LogP) is 2.43. The molecular formula is C11H13F3N2OS. The Balaban J connectivity index is 2.70. The molecule has 0 spiro atoms. The molecule has 0 aliphatic carbocycles. The van der Waals surface area contributed by atoms with Crippen LogP contribution in [-0.4, -0.2) is 24.9 Å². The maximum Gasteiger partial charge on any atom is 0.182 e. The second-order valence-corrected chi connectivity index (χ2v) is 4.11. The van der Waals surface area contributed by atoms with E-state index in [9.17, 15) is 13.2 Å². The van der Waals surface area contributed by atoms with E-state index < -0.39 is 17.5 Å². The van der Waals surface area contributed by atoms with Gasteiger partial charge in [-0.2, -0.15) is 0 Å². The summed E-state index contributed by atoms with van der Waals surface area (Å²) in [7, 11) is 1.52. The quantitative estimate of drug-likeness (QED) is 0.654. The molecule has 0 aromatic heterocycles. The Morgan fingerprint density at radius 2 is 2.06 bits per heavy atom. The van der Waals surface area contributed by atoms with Crippen LogP contribution in [0.3, 0.4) is 0 Å². The number of anilines is 1. The Morgan fingerprint density at radius 1 is 1.39 bits per heavy atom. The number of methoxy groups -OCH3 is 1. The van der Waals surface area contributed by atoms with Crippen molar-refractivity contribution in [3.63, 3.8) is 0 Å². The summed E-state index contributed by atoms with van der Waals surface area (Å²) in [5, 5.41) is 5.23. The fourth-order valence-corrected chi connectivity index (χ4v) is 1.63. The molecule has 0 aliphatic rings. The van der Waals surface area contributed by atoms with Crippen molar-refractivity contribution in [3.05, 3.63) is 29.6 Å². The van der Waals surface area contributed by atoms with Crippen LogP contribution in [-0.2, 0) is 4.74 Å². The highest BCUT2D eigenvalue weighted by Gasteiger charge is 2.12. The zero-order valence-electron chi connectivity index (χ0n) is 9.89. The molecule has 18 heavy (non-hydrogen) atoms. The van der Waals surface area contributed by atoms with Gasteiger partial charge in [0.25, 0.3) is 0 Å². The van der Waals surface area contributed by atoms with Crippen molar-refractivity contribution in [1.82, 2.24) is 5.32 Å². The fourth-order valence-electron chi connectivity index (χ4n) is 1.32. The van der Waals surface area contributed by atoms with Crippen molar-refractivity contribution in [3.8, 4) is 0 Å². The number of hydrogen-bond acceptors (Lipinski definition) is 2. The summed E-state index contributed by atoms with van der Waals surface area (Å²) in [6, 6.07) is 1.18. The lowest BCUT2D eigenvalue weighted by molar-refractivity contribution is 0.179. The van der Waals surface area contributed by atoms with Gasteiger partial charge in [0.15, 0.2) is 16.7 Å². The molecule has 1 atom stereocenters. The normalized spacial score (nSPS) is 12.1. The van der Waals surface area contributed by atoms with Crippen LogP contribution in [0.25, 0.3) is 0 Å². The average Bonchev–Trinajstić information content (AvgIpc) is 2.25. The lowest BCUT2D eigenvalue weighted by atomic mass is 10.3. The van der Waals surface area contributed by atoms with Gasteiger partial charge in [0.05, 0.1) is 12.3 Å². The van der Waals surface area contributed by atoms with Crippen LogP contribution in [0.1, 0.15) is 6.92 Å². The van der Waals surface area contributed by atoms with Crippen molar-refractivity contribution in [2.75, 3.05) is 19.0 Å². The summed E-state index contributed by atoms with van der Waals surface area (Å²) in [6.07, 6.45) is 0. The Bertz CT molecular complexity index is 443. The first-order valence-electron chi connectivity index (χ1n) is 5.15. The van der Waals surface area contributed by atoms with Crippen LogP contribution < -0.4 is 10.6 Å². The highest BCUT2D eigenvalue weighted by molar-refractivity contribution is 7.80. The van der Waals surface area contributed by atoms with Gasteiger partial charge in [0.2, 0.25) is 0 Å². The SMILES string of the molecule is COCC(C)NC(=S)Nc1cc(F)cc(F)c1F. The van der Waals surface area contributed by atoms with Crippen molar-refractivity contribution in [2.45, 2.75) is 13.0 Å². The first-order valence-corrected chi connectivity index (χ1v) is 5.56. The summed E-state index contributed by atoms with van der Waals surface area (Å²) < 4.78 is 44.0. The summed E-state index contributed by atoms with van der Waals surface area (Å²) in [6.45, 7) is 2.18. The van der Waals surface area contributed by atoms with E-state index in [0.29, 0.717) is 12.7 Å². The van der Waals surface area contributed by atoms with Gasteiger partial charge in [-0.3, -0.25) is 0 Å². The zero-order valence-corrected chi connectivity index (χ0v) is 10.7. The molecule has 2 N–H and O–H groups in total. The lowest BCUT2D eigenvalue weighted by Crippen LogP contribution is -2.38. The van der Waals surface area contributed by atoms with Crippen molar-refractivity contribution < 1.29 is 17.9 Å². The maximum absolute atomic E-state index is 13.3. The number of rotatable bonds is 4. The average molecular weight is 278 g/mol. The summed E-state index contributed by atoms with van der Waals surface area (Å²) in [5.41, 5.74) is -0.352. The largest absolute Gasteiger partial charge is 0.383 e. The topological polar surface area (TPSA) is 33.3 Å². The number of ether oxygens (including phenoxy) is 1. The Hall–Kier alpha value is -1.34. The van der Waals surface area contributed by atoms with E-state index in [-0.39, 0.29) is 16.8 Å². The lowest BCUT2D eigenvalue weighted by Gasteiger charge is -2.16. The van der Waals surface area contributed by atoms with E-state index in [4.69, 9.17) is 17.0 Å². The summed E-state index contributed by atoms with van der Waals surface area (Å²) in [5.74, 6) is -3.34. The molecular weight excluding hydrogens is 265 g/mol. The minimum atomic E-state index is -1.27. The number of halogens is 3. The number of thiocarbonyl (C=S) groups is 1. The smallest absolute Gasteiger partial charge is 0.182 e. The van der Waals surface area contributed by atoms with Gasteiger partial charge in [0, 0.05) is 25.3 Å². The van der Waals surface area contributed by atoms with Gasteiger partial charge in [-0.25, -0.2) is 13.2 Å². The molecule has 0 heterocycles. The van der Waals surface area contributed by atoms with Crippen LogP contribution in [0.2, 0.25) is 0 Å². The fraction of sp³-hybridized carbons (Fsp3) is 0.364. The van der Waals surface area contributed by atoms with Crippen LogP contribution in [0.15, 0.2) is 12.1 Å². The molecule has 0 bridgehead atoms. The van der Waals surface area contributed by atoms with Gasteiger partial charge in [-0.05, 0) is 19.1 Å². The van der Waals surface area contributed by atoms with E-state index in [1.54, 1.807) is 6.92 Å². The van der Waals surface area contributed by atoms with E-state index in [0.717, 1.165) is 6.07 Å². The highest BCUT2D eigenvalue weighted by atomic mass is 32.1. The van der Waals surface area contributed by atoms with Gasteiger partial charge < -0.3 is 15.4 Å². The van der Waals surface area contributed by atoms with E-state index >= 15 is 0 Å². The monoisotopic (exact) mass is 278 g/mol. The predicted molar refractivity (Wildman–Crippen MR) is 67.0 cm³/mol. The van der Waals surface area contributed by atoms with Crippen LogP contribution in [0.4, 0.5) is 18.9 Å². The standard InChI is InChI=1S/C11H13F3N2OS/c1-6(5-17-2)15-11(18)16-9-4-7(12)3-8(13)10(9)14/h3-4,6H,5H2,1-2H3,(H2,15,16,18). The second kappa shape index (κ2) is 6.55. The molecule has 0 radical (unpaired) electrons. The second-order valence-electron chi connectivity index (χ2n) is 3.70. The third kappa shape index (κ3) is 4.15. The highest BCUT2D eigenvalue weighted by Crippen LogP contribution is 2.18. The Kier molecular flexibility index (Phi) is 5.36. The number of hydrogen-bond donors (Lipinski definition) is 2. The van der Waals surface area contributed by atoms with Crippen molar-refractivity contribution in [1.29, 1.82) is 0 Å². The molecule has 1 aromatic carbocycles. The molecule has 0 fully saturated rings. The molecule has 1 aromatic rings. The molecule has 7 heteroatoms. The first kappa shape index (κ1) is 14.7. The molecule has 0 saturated carbocycles. The molecule has 0 amide bonds.